The summed E-state index contributed by atoms with van der Waals surface area (Å²) in [6.07, 6.45) is 0. The number of nitrogens with zero attached hydrogens (tertiary/aromatic N) is 5. The summed E-state index contributed by atoms with van der Waals surface area (Å²) in [6.45, 7) is 0. The highest BCUT2D eigenvalue weighted by atomic mass is 15.2. The van der Waals surface area contributed by atoms with Crippen LogP contribution in [0.3, 0.4) is 0 Å². The first-order valence-corrected chi connectivity index (χ1v) is 17.6. The highest BCUT2D eigenvalue weighted by Gasteiger charge is 2.26. The van der Waals surface area contributed by atoms with Crippen molar-refractivity contribution in [3.8, 4) is 34.4 Å². The van der Waals surface area contributed by atoms with Crippen molar-refractivity contribution in [3.05, 3.63) is 176 Å². The number of hydrogen-bond acceptors (Lipinski definition) is 3. The quantitative estimate of drug-likeness (QED) is 0.188. The molecule has 0 saturated heterocycles. The lowest BCUT2D eigenvalue weighted by Crippen LogP contribution is -2.07. The van der Waals surface area contributed by atoms with Crippen molar-refractivity contribution in [2.75, 3.05) is 0 Å². The van der Waals surface area contributed by atoms with Crippen LogP contribution in [0.1, 0.15) is 0 Å². The summed E-state index contributed by atoms with van der Waals surface area (Å²) < 4.78 is 4.74. The molecule has 0 aliphatic carbocycles. The predicted octanol–water partition coefficient (Wildman–Crippen LogP) is 11.7. The standard InChI is InChI=1S/C47H29N5/c1-4-17-31(18-5-1)45-48-46(32-19-6-2-7-20-32)50-47(49-45)52-42-34-23-11-10-16-30(34)28-29-38(42)41-40-37-26-14-15-27-39(37)51(33-21-8-3-9-22-33)43(40)35-24-12-13-25-36(35)44(41)52/h1-29H. The van der Waals surface area contributed by atoms with E-state index >= 15 is 0 Å². The van der Waals surface area contributed by atoms with Crippen molar-refractivity contribution in [1.82, 2.24) is 24.1 Å². The van der Waals surface area contributed by atoms with Gasteiger partial charge in [-0.25, -0.2) is 4.98 Å². The summed E-state index contributed by atoms with van der Waals surface area (Å²) in [5.74, 6) is 1.84. The van der Waals surface area contributed by atoms with Crippen LogP contribution in [0.25, 0.3) is 99.6 Å². The molecular formula is C47H29N5. The van der Waals surface area contributed by atoms with Crippen LogP contribution >= 0.6 is 0 Å². The van der Waals surface area contributed by atoms with E-state index in [9.17, 15) is 0 Å². The molecule has 5 heteroatoms. The molecule has 0 aliphatic heterocycles. The maximum atomic E-state index is 5.32. The molecular weight excluding hydrogens is 635 g/mol. The Morgan fingerprint density at radius 1 is 0.327 bits per heavy atom. The van der Waals surface area contributed by atoms with Crippen molar-refractivity contribution in [2.45, 2.75) is 0 Å². The smallest absolute Gasteiger partial charge is 0.238 e. The third-order valence-electron chi connectivity index (χ3n) is 10.3. The lowest BCUT2D eigenvalue weighted by atomic mass is 9.98. The lowest BCUT2D eigenvalue weighted by Gasteiger charge is -2.14. The van der Waals surface area contributed by atoms with Gasteiger partial charge in [0.15, 0.2) is 11.6 Å². The Morgan fingerprint density at radius 3 is 1.48 bits per heavy atom. The zero-order valence-electron chi connectivity index (χ0n) is 28.0. The molecule has 0 saturated carbocycles. The fourth-order valence-electron chi connectivity index (χ4n) is 8.14. The number of hydrogen-bond donors (Lipinski definition) is 0. The Labute approximate surface area is 298 Å². The number of fused-ring (bicyclic) bond motifs is 12. The molecule has 0 spiro atoms. The van der Waals surface area contributed by atoms with Crippen LogP contribution in [0.15, 0.2) is 176 Å². The predicted molar refractivity (Wildman–Crippen MR) is 214 cm³/mol. The van der Waals surface area contributed by atoms with E-state index in [2.05, 4.69) is 149 Å². The molecule has 0 atom stereocenters. The molecule has 0 amide bonds. The highest BCUT2D eigenvalue weighted by molar-refractivity contribution is 6.38. The monoisotopic (exact) mass is 663 g/mol. The minimum Gasteiger partial charge on any atom is -0.309 e. The second kappa shape index (κ2) is 11.2. The SMILES string of the molecule is c1ccc(-c2nc(-c3ccccc3)nc(-n3c4c5ccccc5ccc4c4c5c6ccccc6n(-c6ccccc6)c5c5ccccc5c43)n2)cc1. The lowest BCUT2D eigenvalue weighted by molar-refractivity contribution is 0.957. The van der Waals surface area contributed by atoms with Gasteiger partial charge in [-0.2, -0.15) is 9.97 Å². The van der Waals surface area contributed by atoms with Gasteiger partial charge in [0.25, 0.3) is 0 Å². The fraction of sp³-hybridized carbons (Fsp3) is 0. The number of rotatable bonds is 4. The summed E-state index contributed by atoms with van der Waals surface area (Å²) >= 11 is 0. The van der Waals surface area contributed by atoms with Crippen molar-refractivity contribution in [1.29, 1.82) is 0 Å². The van der Waals surface area contributed by atoms with Gasteiger partial charge in [0.1, 0.15) is 0 Å². The molecule has 5 nitrogen and oxygen atoms in total. The molecule has 0 N–H and O–H groups in total. The average Bonchev–Trinajstić information content (AvgIpc) is 3.76. The number of para-hydroxylation sites is 2. The Morgan fingerprint density at radius 2 is 0.827 bits per heavy atom. The number of aromatic nitrogens is 5. The van der Waals surface area contributed by atoms with E-state index in [0.29, 0.717) is 17.6 Å². The zero-order chi connectivity index (χ0) is 34.2. The van der Waals surface area contributed by atoms with E-state index < -0.39 is 0 Å². The van der Waals surface area contributed by atoms with Gasteiger partial charge in [-0.1, -0.05) is 158 Å². The highest BCUT2D eigenvalue weighted by Crippen LogP contribution is 2.48. The maximum Gasteiger partial charge on any atom is 0.238 e. The largest absolute Gasteiger partial charge is 0.309 e. The molecule has 52 heavy (non-hydrogen) atoms. The summed E-state index contributed by atoms with van der Waals surface area (Å²) in [7, 11) is 0. The Kier molecular flexibility index (Phi) is 6.18. The van der Waals surface area contributed by atoms with E-state index in [1.54, 1.807) is 0 Å². The zero-order valence-corrected chi connectivity index (χ0v) is 28.0. The summed E-state index contributed by atoms with van der Waals surface area (Å²) in [5, 5.41) is 9.36. The molecule has 0 fully saturated rings. The third kappa shape index (κ3) is 4.14. The first kappa shape index (κ1) is 28.7. The van der Waals surface area contributed by atoms with E-state index in [4.69, 9.17) is 15.0 Å². The van der Waals surface area contributed by atoms with Gasteiger partial charge in [0, 0.05) is 54.5 Å². The molecule has 8 aromatic carbocycles. The molecule has 3 aromatic heterocycles. The van der Waals surface area contributed by atoms with E-state index in [1.807, 2.05) is 36.4 Å². The van der Waals surface area contributed by atoms with E-state index in [-0.39, 0.29) is 0 Å². The van der Waals surface area contributed by atoms with Gasteiger partial charge in [-0.05, 0) is 23.6 Å². The average molecular weight is 664 g/mol. The van der Waals surface area contributed by atoms with Gasteiger partial charge >= 0.3 is 0 Å². The molecule has 11 rings (SSSR count). The molecule has 0 unspecified atom stereocenters. The normalized spacial score (nSPS) is 11.8. The van der Waals surface area contributed by atoms with Crippen molar-refractivity contribution in [2.24, 2.45) is 0 Å². The Hall–Kier alpha value is -7.11. The second-order valence-corrected chi connectivity index (χ2v) is 13.2. The van der Waals surface area contributed by atoms with E-state index in [0.717, 1.165) is 49.4 Å². The Bertz CT molecular complexity index is 3100. The van der Waals surface area contributed by atoms with Crippen molar-refractivity contribution in [3.63, 3.8) is 0 Å². The molecule has 11 aromatic rings. The fourth-order valence-corrected chi connectivity index (χ4v) is 8.14. The molecule has 0 radical (unpaired) electrons. The van der Waals surface area contributed by atoms with Crippen LogP contribution in [0.4, 0.5) is 0 Å². The van der Waals surface area contributed by atoms with Crippen LogP contribution < -0.4 is 0 Å². The molecule has 3 heterocycles. The molecule has 242 valence electrons. The molecule has 0 bridgehead atoms. The molecule has 0 aliphatic rings. The van der Waals surface area contributed by atoms with Crippen LogP contribution in [-0.2, 0) is 0 Å². The van der Waals surface area contributed by atoms with E-state index in [1.165, 1.54) is 32.6 Å². The van der Waals surface area contributed by atoms with Gasteiger partial charge < -0.3 is 4.57 Å². The topological polar surface area (TPSA) is 48.5 Å². The first-order chi connectivity index (χ1) is 25.8. The summed E-state index contributed by atoms with van der Waals surface area (Å²) in [5.41, 5.74) is 7.51. The van der Waals surface area contributed by atoms with Gasteiger partial charge in [0.2, 0.25) is 5.95 Å². The van der Waals surface area contributed by atoms with Crippen molar-refractivity contribution < 1.29 is 0 Å². The maximum absolute atomic E-state index is 5.32. The van der Waals surface area contributed by atoms with Gasteiger partial charge in [-0.15, -0.1) is 0 Å². The summed E-state index contributed by atoms with van der Waals surface area (Å²) in [4.78, 5) is 15.7. The van der Waals surface area contributed by atoms with Gasteiger partial charge in [-0.3, -0.25) is 4.57 Å². The minimum absolute atomic E-state index is 0.584. The minimum atomic E-state index is 0.584. The first-order valence-electron chi connectivity index (χ1n) is 17.6. The van der Waals surface area contributed by atoms with Crippen LogP contribution in [-0.4, -0.2) is 24.1 Å². The van der Waals surface area contributed by atoms with Crippen LogP contribution in [0.5, 0.6) is 0 Å². The summed E-state index contributed by atoms with van der Waals surface area (Å²) in [6, 6.07) is 61.9. The number of benzene rings is 8. The second-order valence-electron chi connectivity index (χ2n) is 13.2. The van der Waals surface area contributed by atoms with Gasteiger partial charge in [0.05, 0.1) is 22.1 Å². The van der Waals surface area contributed by atoms with Crippen LogP contribution in [0, 0.1) is 0 Å². The third-order valence-corrected chi connectivity index (χ3v) is 10.3. The Balaban J connectivity index is 1.41. The van der Waals surface area contributed by atoms with Crippen molar-refractivity contribution >= 4 is 65.2 Å². The van der Waals surface area contributed by atoms with Crippen LogP contribution in [0.2, 0.25) is 0 Å².